The van der Waals surface area contributed by atoms with Crippen molar-refractivity contribution in [2.24, 2.45) is 10.1 Å². The van der Waals surface area contributed by atoms with Crippen LogP contribution in [0.2, 0.25) is 10.0 Å². The van der Waals surface area contributed by atoms with Gasteiger partial charge in [0.05, 0.1) is 17.3 Å². The Hall–Kier alpha value is -2.23. The van der Waals surface area contributed by atoms with E-state index >= 15 is 0 Å². The first-order valence-corrected chi connectivity index (χ1v) is 11.7. The molecule has 1 amide bonds. The summed E-state index contributed by atoms with van der Waals surface area (Å²) in [6, 6.07) is 8.43. The predicted molar refractivity (Wildman–Crippen MR) is 125 cm³/mol. The summed E-state index contributed by atoms with van der Waals surface area (Å²) >= 11 is 13.5. The summed E-state index contributed by atoms with van der Waals surface area (Å²) in [5.41, 5.74) is -1.38. The maximum Gasteiger partial charge on any atom is 0.435 e. The van der Waals surface area contributed by atoms with Crippen molar-refractivity contribution < 1.29 is 22.8 Å². The molecule has 0 fully saturated rings. The number of halogens is 5. The lowest BCUT2D eigenvalue weighted by atomic mass is 9.86. The Balaban J connectivity index is 1.56. The molecule has 0 aromatic heterocycles. The summed E-state index contributed by atoms with van der Waals surface area (Å²) in [6.45, 7) is 2.81. The Kier molecular flexibility index (Phi) is 6.66. The first-order chi connectivity index (χ1) is 15.6. The van der Waals surface area contributed by atoms with Gasteiger partial charge in [0.25, 0.3) is 11.5 Å². The maximum atomic E-state index is 14.2. The lowest BCUT2D eigenvalue weighted by Gasteiger charge is -2.29. The van der Waals surface area contributed by atoms with Crippen LogP contribution in [0.4, 0.5) is 13.2 Å². The van der Waals surface area contributed by atoms with E-state index in [1.807, 2.05) is 0 Å². The molecular weight excluding hydrogens is 498 g/mol. The number of hydrogen-bond donors (Lipinski definition) is 1. The number of amides is 1. The Morgan fingerprint density at radius 2 is 1.94 bits per heavy atom. The smallest absolute Gasteiger partial charge is 0.374 e. The van der Waals surface area contributed by atoms with E-state index in [0.29, 0.717) is 23.2 Å². The van der Waals surface area contributed by atoms with Gasteiger partial charge in [0, 0.05) is 39.9 Å². The molecule has 0 aliphatic carbocycles. The molecule has 174 valence electrons. The highest BCUT2D eigenvalue weighted by molar-refractivity contribution is 8.14. The third-order valence-corrected chi connectivity index (χ3v) is 6.80. The minimum absolute atomic E-state index is 0.0614. The number of oxime groups is 1. The van der Waals surface area contributed by atoms with Gasteiger partial charge in [-0.25, -0.2) is 0 Å². The van der Waals surface area contributed by atoms with Crippen molar-refractivity contribution >= 4 is 51.6 Å². The number of thioether (sulfide) groups is 1. The van der Waals surface area contributed by atoms with Crippen molar-refractivity contribution in [3.05, 3.63) is 68.7 Å². The van der Waals surface area contributed by atoms with Gasteiger partial charge in [0.15, 0.2) is 0 Å². The number of benzene rings is 2. The molecule has 2 aromatic carbocycles. The fourth-order valence-corrected chi connectivity index (χ4v) is 4.98. The summed E-state index contributed by atoms with van der Waals surface area (Å²) in [5.74, 6) is 0.626. The number of alkyl halides is 3. The van der Waals surface area contributed by atoms with Gasteiger partial charge in [0.2, 0.25) is 0 Å². The molecule has 2 aliphatic heterocycles. The zero-order valence-corrected chi connectivity index (χ0v) is 19.6. The quantitative estimate of drug-likeness (QED) is 0.550. The van der Waals surface area contributed by atoms with Gasteiger partial charge in [0.1, 0.15) is 0 Å². The normalized spacial score (nSPS) is 20.3. The van der Waals surface area contributed by atoms with E-state index in [4.69, 9.17) is 28.0 Å². The molecular formula is C22H18Cl2F3N3O2S. The van der Waals surface area contributed by atoms with E-state index in [-0.39, 0.29) is 27.2 Å². The lowest BCUT2D eigenvalue weighted by Crippen LogP contribution is -2.42. The fourth-order valence-electron chi connectivity index (χ4n) is 3.68. The van der Waals surface area contributed by atoms with Crippen LogP contribution in [-0.4, -0.2) is 41.7 Å². The molecule has 1 atom stereocenters. The third kappa shape index (κ3) is 4.85. The van der Waals surface area contributed by atoms with Crippen molar-refractivity contribution in [3.63, 3.8) is 0 Å². The van der Waals surface area contributed by atoms with Gasteiger partial charge < -0.3 is 10.2 Å². The summed E-state index contributed by atoms with van der Waals surface area (Å²) in [5, 5.41) is 7.57. The van der Waals surface area contributed by atoms with Crippen molar-refractivity contribution in [3.8, 4) is 0 Å². The van der Waals surface area contributed by atoms with Gasteiger partial charge >= 0.3 is 6.18 Å². The zero-order chi connectivity index (χ0) is 23.8. The van der Waals surface area contributed by atoms with Crippen LogP contribution in [0, 0.1) is 6.92 Å². The van der Waals surface area contributed by atoms with E-state index in [9.17, 15) is 18.0 Å². The Morgan fingerprint density at radius 1 is 1.21 bits per heavy atom. The zero-order valence-electron chi connectivity index (χ0n) is 17.3. The first kappa shape index (κ1) is 23.9. The van der Waals surface area contributed by atoms with E-state index in [1.165, 1.54) is 18.2 Å². The SMILES string of the molecule is Cc1cc(C2=NOC(c3cc(Cl)cc(Cl)c3)(C(F)(F)F)C2)ccc1C(=O)NCC1=NCCS1. The Bertz CT molecular complexity index is 1150. The number of rotatable bonds is 5. The van der Waals surface area contributed by atoms with E-state index in [2.05, 4.69) is 15.5 Å². The van der Waals surface area contributed by atoms with Crippen molar-refractivity contribution in [2.45, 2.75) is 25.1 Å². The molecule has 2 heterocycles. The van der Waals surface area contributed by atoms with E-state index < -0.39 is 18.2 Å². The number of carbonyl (C=O) groups is 1. The molecule has 0 radical (unpaired) electrons. The van der Waals surface area contributed by atoms with Crippen molar-refractivity contribution in [2.75, 3.05) is 18.8 Å². The molecule has 33 heavy (non-hydrogen) atoms. The minimum atomic E-state index is -4.78. The second-order valence-corrected chi connectivity index (χ2v) is 9.67. The van der Waals surface area contributed by atoms with Crippen LogP contribution in [-0.2, 0) is 10.4 Å². The molecule has 0 saturated carbocycles. The molecule has 0 bridgehead atoms. The fraction of sp³-hybridized carbons (Fsp3) is 0.318. The molecule has 1 unspecified atom stereocenters. The number of nitrogens with one attached hydrogen (secondary N) is 1. The van der Waals surface area contributed by atoms with Crippen LogP contribution in [0.15, 0.2) is 46.5 Å². The largest absolute Gasteiger partial charge is 0.435 e. The van der Waals surface area contributed by atoms with Gasteiger partial charge in [-0.3, -0.25) is 9.79 Å². The first-order valence-electron chi connectivity index (χ1n) is 9.93. The molecule has 1 N–H and O–H groups in total. The van der Waals surface area contributed by atoms with Crippen molar-refractivity contribution in [1.29, 1.82) is 0 Å². The second-order valence-electron chi connectivity index (χ2n) is 7.63. The minimum Gasteiger partial charge on any atom is -0.374 e. The summed E-state index contributed by atoms with van der Waals surface area (Å²) in [4.78, 5) is 21.9. The topological polar surface area (TPSA) is 63.0 Å². The van der Waals surface area contributed by atoms with Gasteiger partial charge in [-0.1, -0.05) is 34.4 Å². The number of carbonyl (C=O) groups excluding carboxylic acids is 1. The van der Waals surface area contributed by atoms with Crippen LogP contribution in [0.5, 0.6) is 0 Å². The third-order valence-electron chi connectivity index (χ3n) is 5.37. The van der Waals surface area contributed by atoms with Crippen molar-refractivity contribution in [1.82, 2.24) is 5.32 Å². The van der Waals surface area contributed by atoms with Crippen LogP contribution in [0.25, 0.3) is 0 Å². The summed E-state index contributed by atoms with van der Waals surface area (Å²) in [6.07, 6.45) is -5.34. The average molecular weight is 516 g/mol. The number of hydrogen-bond acceptors (Lipinski definition) is 5. The summed E-state index contributed by atoms with van der Waals surface area (Å²) < 4.78 is 42.5. The van der Waals surface area contributed by atoms with Gasteiger partial charge in [-0.2, -0.15) is 13.2 Å². The summed E-state index contributed by atoms with van der Waals surface area (Å²) in [7, 11) is 0. The lowest BCUT2D eigenvalue weighted by molar-refractivity contribution is -0.275. The molecule has 2 aromatic rings. The van der Waals surface area contributed by atoms with Gasteiger partial charge in [-0.05, 0) is 48.4 Å². The molecule has 0 spiro atoms. The molecule has 2 aliphatic rings. The number of aryl methyl sites for hydroxylation is 1. The second kappa shape index (κ2) is 9.19. The standard InChI is InChI=1S/C22H18Cl2F3N3O2S/c1-12-6-13(2-3-17(12)20(31)29-11-19-28-4-5-33-19)18-10-21(32-30-18,22(25,26)27)14-7-15(23)9-16(24)8-14/h2-3,6-9H,4-5,10-11H2,1H3,(H,29,31). The molecule has 11 heteroatoms. The highest BCUT2D eigenvalue weighted by Gasteiger charge is 2.62. The highest BCUT2D eigenvalue weighted by atomic mass is 35.5. The molecule has 4 rings (SSSR count). The van der Waals surface area contributed by atoms with E-state index in [0.717, 1.165) is 17.3 Å². The van der Waals surface area contributed by atoms with Crippen LogP contribution in [0.3, 0.4) is 0 Å². The predicted octanol–water partition coefficient (Wildman–Crippen LogP) is 5.76. The van der Waals surface area contributed by atoms with E-state index in [1.54, 1.807) is 36.9 Å². The molecule has 5 nitrogen and oxygen atoms in total. The van der Waals surface area contributed by atoms with Crippen LogP contribution in [0.1, 0.15) is 33.5 Å². The van der Waals surface area contributed by atoms with Gasteiger partial charge in [-0.15, -0.1) is 11.8 Å². The maximum absolute atomic E-state index is 14.2. The Morgan fingerprint density at radius 3 is 2.55 bits per heavy atom. The number of nitrogens with zero attached hydrogens (tertiary/aromatic N) is 2. The Labute approximate surface area is 202 Å². The highest BCUT2D eigenvalue weighted by Crippen LogP contribution is 2.49. The van der Waals surface area contributed by atoms with Crippen LogP contribution >= 0.6 is 35.0 Å². The average Bonchev–Trinajstić information content (AvgIpc) is 3.41. The number of aliphatic imine (C=N–C) groups is 1. The monoisotopic (exact) mass is 515 g/mol. The molecule has 0 saturated heterocycles. The van der Waals surface area contributed by atoms with Crippen LogP contribution < -0.4 is 5.32 Å².